The zero-order chi connectivity index (χ0) is 12.1. The van der Waals surface area contributed by atoms with E-state index in [1.807, 2.05) is 24.1 Å². The summed E-state index contributed by atoms with van der Waals surface area (Å²) in [4.78, 5) is 6.05. The number of nitrogens with zero attached hydrogens (tertiary/aromatic N) is 3. The summed E-state index contributed by atoms with van der Waals surface area (Å²) in [5.41, 5.74) is 1.34. The lowest BCUT2D eigenvalue weighted by atomic mass is 10.3. The van der Waals surface area contributed by atoms with Gasteiger partial charge < -0.3 is 9.64 Å². The maximum absolute atomic E-state index is 8.95. The number of likely N-dealkylation sites (N-methyl/N-ethyl adjacent to an activating group) is 1. The van der Waals surface area contributed by atoms with Gasteiger partial charge in [-0.15, -0.1) is 0 Å². The van der Waals surface area contributed by atoms with Crippen molar-refractivity contribution in [2.75, 3.05) is 31.7 Å². The van der Waals surface area contributed by atoms with E-state index in [4.69, 9.17) is 10.00 Å². The molecular weight excluding hydrogens is 214 g/mol. The third kappa shape index (κ3) is 3.43. The Morgan fingerprint density at radius 1 is 1.59 bits per heavy atom. The van der Waals surface area contributed by atoms with Crippen LogP contribution in [0.2, 0.25) is 0 Å². The molecule has 1 saturated carbocycles. The van der Waals surface area contributed by atoms with Crippen LogP contribution in [0, 0.1) is 17.2 Å². The van der Waals surface area contributed by atoms with Crippen LogP contribution in [0.15, 0.2) is 18.3 Å². The van der Waals surface area contributed by atoms with Crippen LogP contribution in [0.4, 0.5) is 5.69 Å². The van der Waals surface area contributed by atoms with E-state index in [0.717, 1.165) is 24.8 Å². The Balaban J connectivity index is 1.81. The minimum absolute atomic E-state index is 0.470. The van der Waals surface area contributed by atoms with Gasteiger partial charge in [0.05, 0.1) is 12.3 Å². The van der Waals surface area contributed by atoms with Crippen molar-refractivity contribution in [1.29, 1.82) is 5.26 Å². The Labute approximate surface area is 102 Å². The van der Waals surface area contributed by atoms with Gasteiger partial charge in [-0.05, 0) is 30.9 Å². The van der Waals surface area contributed by atoms with Crippen LogP contribution < -0.4 is 4.90 Å². The third-order valence-electron chi connectivity index (χ3n) is 2.93. The molecule has 0 unspecified atom stereocenters. The van der Waals surface area contributed by atoms with E-state index in [1.54, 1.807) is 6.20 Å². The van der Waals surface area contributed by atoms with Crippen molar-refractivity contribution in [3.63, 3.8) is 0 Å². The van der Waals surface area contributed by atoms with E-state index in [-0.39, 0.29) is 0 Å². The SMILES string of the molecule is CN(CCOCC1CC1)c1cccnc1C#N. The van der Waals surface area contributed by atoms with Gasteiger partial charge in [0.1, 0.15) is 6.07 Å². The predicted octanol–water partition coefficient (Wildman–Crippen LogP) is 1.82. The summed E-state index contributed by atoms with van der Waals surface area (Å²) < 4.78 is 5.58. The van der Waals surface area contributed by atoms with Gasteiger partial charge in [-0.25, -0.2) is 4.98 Å². The fourth-order valence-corrected chi connectivity index (χ4v) is 1.65. The first-order valence-electron chi connectivity index (χ1n) is 5.95. The molecule has 1 aromatic heterocycles. The smallest absolute Gasteiger partial charge is 0.163 e. The van der Waals surface area contributed by atoms with Gasteiger partial charge >= 0.3 is 0 Å². The van der Waals surface area contributed by atoms with Crippen molar-refractivity contribution in [2.24, 2.45) is 5.92 Å². The summed E-state index contributed by atoms with van der Waals surface area (Å²) in [5.74, 6) is 0.799. The monoisotopic (exact) mass is 231 g/mol. The number of anilines is 1. The molecule has 0 radical (unpaired) electrons. The quantitative estimate of drug-likeness (QED) is 0.701. The maximum Gasteiger partial charge on any atom is 0.163 e. The summed E-state index contributed by atoms with van der Waals surface area (Å²) in [5, 5.41) is 8.95. The van der Waals surface area contributed by atoms with Crippen LogP contribution in [0.3, 0.4) is 0 Å². The largest absolute Gasteiger partial charge is 0.379 e. The number of ether oxygens (including phenoxy) is 1. The molecule has 0 atom stereocenters. The van der Waals surface area contributed by atoms with Crippen LogP contribution in [0.1, 0.15) is 18.5 Å². The lowest BCUT2D eigenvalue weighted by molar-refractivity contribution is 0.131. The third-order valence-corrected chi connectivity index (χ3v) is 2.93. The first kappa shape index (κ1) is 11.9. The van der Waals surface area contributed by atoms with Crippen LogP contribution in [-0.2, 0) is 4.74 Å². The van der Waals surface area contributed by atoms with Gasteiger partial charge in [0.15, 0.2) is 5.69 Å². The fraction of sp³-hybridized carbons (Fsp3) is 0.538. The molecule has 1 heterocycles. The molecule has 0 saturated heterocycles. The molecular formula is C13H17N3O. The molecule has 0 aliphatic heterocycles. The molecule has 0 N–H and O–H groups in total. The van der Waals surface area contributed by atoms with Crippen molar-refractivity contribution < 1.29 is 4.74 Å². The zero-order valence-electron chi connectivity index (χ0n) is 10.1. The first-order valence-corrected chi connectivity index (χ1v) is 5.95. The number of rotatable bonds is 6. The fourth-order valence-electron chi connectivity index (χ4n) is 1.65. The molecule has 0 bridgehead atoms. The van der Waals surface area contributed by atoms with E-state index >= 15 is 0 Å². The van der Waals surface area contributed by atoms with Crippen LogP contribution in [-0.4, -0.2) is 31.8 Å². The second kappa shape index (κ2) is 5.65. The Kier molecular flexibility index (Phi) is 3.94. The van der Waals surface area contributed by atoms with E-state index in [1.165, 1.54) is 12.8 Å². The van der Waals surface area contributed by atoms with Gasteiger partial charge in [0.2, 0.25) is 0 Å². The first-order chi connectivity index (χ1) is 8.31. The molecule has 0 spiro atoms. The van der Waals surface area contributed by atoms with E-state index < -0.39 is 0 Å². The summed E-state index contributed by atoms with van der Waals surface area (Å²) >= 11 is 0. The second-order valence-corrected chi connectivity index (χ2v) is 4.42. The Bertz CT molecular complexity index is 409. The van der Waals surface area contributed by atoms with E-state index in [0.29, 0.717) is 12.3 Å². The van der Waals surface area contributed by atoms with Crippen molar-refractivity contribution in [2.45, 2.75) is 12.8 Å². The lowest BCUT2D eigenvalue weighted by Crippen LogP contribution is -2.24. The lowest BCUT2D eigenvalue weighted by Gasteiger charge is -2.19. The molecule has 1 aromatic rings. The van der Waals surface area contributed by atoms with Crippen LogP contribution in [0.5, 0.6) is 0 Å². The van der Waals surface area contributed by atoms with Gasteiger partial charge in [-0.3, -0.25) is 0 Å². The average molecular weight is 231 g/mol. The van der Waals surface area contributed by atoms with Crippen LogP contribution in [0.25, 0.3) is 0 Å². The summed E-state index contributed by atoms with van der Waals surface area (Å²) in [6, 6.07) is 5.86. The normalized spacial score (nSPS) is 14.4. The highest BCUT2D eigenvalue weighted by atomic mass is 16.5. The standard InChI is InChI=1S/C13H17N3O/c1-16(7-8-17-10-11-4-5-11)13-3-2-6-15-12(13)9-14/h2-3,6,11H,4-5,7-8,10H2,1H3. The van der Waals surface area contributed by atoms with Gasteiger partial charge in [0.25, 0.3) is 0 Å². The molecule has 1 fully saturated rings. The second-order valence-electron chi connectivity index (χ2n) is 4.42. The molecule has 1 aliphatic rings. The highest BCUT2D eigenvalue weighted by Gasteiger charge is 2.21. The number of aromatic nitrogens is 1. The molecule has 2 rings (SSSR count). The van der Waals surface area contributed by atoms with Crippen molar-refractivity contribution in [3.05, 3.63) is 24.0 Å². The molecule has 1 aliphatic carbocycles. The number of nitriles is 1. The number of pyridine rings is 1. The van der Waals surface area contributed by atoms with Crippen molar-refractivity contribution in [1.82, 2.24) is 4.98 Å². The molecule has 4 nitrogen and oxygen atoms in total. The predicted molar refractivity (Wildman–Crippen MR) is 65.8 cm³/mol. The molecule has 0 amide bonds. The van der Waals surface area contributed by atoms with Gasteiger partial charge in [0, 0.05) is 26.4 Å². The van der Waals surface area contributed by atoms with Crippen molar-refractivity contribution in [3.8, 4) is 6.07 Å². The average Bonchev–Trinajstić information content (AvgIpc) is 3.18. The summed E-state index contributed by atoms with van der Waals surface area (Å²) in [7, 11) is 1.96. The minimum Gasteiger partial charge on any atom is -0.379 e. The summed E-state index contributed by atoms with van der Waals surface area (Å²) in [6.07, 6.45) is 4.27. The van der Waals surface area contributed by atoms with Crippen LogP contribution >= 0.6 is 0 Å². The van der Waals surface area contributed by atoms with E-state index in [2.05, 4.69) is 11.1 Å². The Morgan fingerprint density at radius 3 is 3.12 bits per heavy atom. The molecule has 4 heteroatoms. The Morgan fingerprint density at radius 2 is 2.41 bits per heavy atom. The van der Waals surface area contributed by atoms with Gasteiger partial charge in [-0.1, -0.05) is 0 Å². The van der Waals surface area contributed by atoms with Crippen molar-refractivity contribution >= 4 is 5.69 Å². The topological polar surface area (TPSA) is 49.1 Å². The Hall–Kier alpha value is -1.60. The highest BCUT2D eigenvalue weighted by molar-refractivity contribution is 5.54. The van der Waals surface area contributed by atoms with E-state index in [9.17, 15) is 0 Å². The number of hydrogen-bond acceptors (Lipinski definition) is 4. The molecule has 17 heavy (non-hydrogen) atoms. The highest BCUT2D eigenvalue weighted by Crippen LogP contribution is 2.28. The maximum atomic E-state index is 8.95. The zero-order valence-corrected chi connectivity index (χ0v) is 10.1. The minimum atomic E-state index is 0.470. The summed E-state index contributed by atoms with van der Waals surface area (Å²) in [6.45, 7) is 2.37. The molecule has 0 aromatic carbocycles. The number of hydrogen-bond donors (Lipinski definition) is 0. The van der Waals surface area contributed by atoms with Gasteiger partial charge in [-0.2, -0.15) is 5.26 Å². The molecule has 90 valence electrons.